The van der Waals surface area contributed by atoms with Crippen LogP contribution < -0.4 is 5.32 Å². The number of nitrogens with one attached hydrogen (secondary N) is 1. The molecule has 0 fully saturated rings. The molecule has 0 unspecified atom stereocenters. The van der Waals surface area contributed by atoms with Gasteiger partial charge in [0.1, 0.15) is 11.4 Å². The zero-order valence-corrected chi connectivity index (χ0v) is 14.6. The molecule has 128 valence electrons. The number of aryl methyl sites for hydroxylation is 2. The average Bonchev–Trinajstić information content (AvgIpc) is 3.01. The van der Waals surface area contributed by atoms with E-state index in [-0.39, 0.29) is 0 Å². The minimum Gasteiger partial charge on any atom is -0.356 e. The highest BCUT2D eigenvalue weighted by Crippen LogP contribution is 2.33. The summed E-state index contributed by atoms with van der Waals surface area (Å²) >= 11 is 0. The lowest BCUT2D eigenvalue weighted by Gasteiger charge is -2.09. The standard InChI is InChI=1S/C18H20N6O/c1-5-7-19-18-22-9-14(17-13(6-2)12(4)24-25-17)16(23-18)15-10-20-11(3)8-21-15/h5,8-10H,1,6-7H2,2-4H3,(H,19,22,23). The number of aromatic nitrogens is 5. The molecule has 25 heavy (non-hydrogen) atoms. The lowest BCUT2D eigenvalue weighted by Crippen LogP contribution is -2.05. The van der Waals surface area contributed by atoms with Crippen LogP contribution in [0, 0.1) is 13.8 Å². The Kier molecular flexibility index (Phi) is 4.83. The van der Waals surface area contributed by atoms with Crippen LogP contribution in [-0.4, -0.2) is 31.6 Å². The van der Waals surface area contributed by atoms with Crippen LogP contribution in [0.2, 0.25) is 0 Å². The van der Waals surface area contributed by atoms with Gasteiger partial charge < -0.3 is 9.84 Å². The molecule has 0 radical (unpaired) electrons. The lowest BCUT2D eigenvalue weighted by atomic mass is 10.0. The summed E-state index contributed by atoms with van der Waals surface area (Å²) in [7, 11) is 0. The second-order valence-electron chi connectivity index (χ2n) is 5.60. The van der Waals surface area contributed by atoms with E-state index in [1.54, 1.807) is 24.7 Å². The Morgan fingerprint density at radius 2 is 2.00 bits per heavy atom. The molecule has 0 spiro atoms. The van der Waals surface area contributed by atoms with Gasteiger partial charge >= 0.3 is 0 Å². The molecular weight excluding hydrogens is 316 g/mol. The van der Waals surface area contributed by atoms with Crippen molar-refractivity contribution in [1.82, 2.24) is 25.1 Å². The van der Waals surface area contributed by atoms with Crippen LogP contribution in [0.15, 0.2) is 35.8 Å². The van der Waals surface area contributed by atoms with Crippen LogP contribution in [0.3, 0.4) is 0 Å². The molecule has 7 heteroatoms. The van der Waals surface area contributed by atoms with E-state index in [2.05, 4.69) is 43.9 Å². The smallest absolute Gasteiger partial charge is 0.223 e. The first-order chi connectivity index (χ1) is 12.1. The van der Waals surface area contributed by atoms with E-state index < -0.39 is 0 Å². The van der Waals surface area contributed by atoms with Crippen molar-refractivity contribution in [2.45, 2.75) is 27.2 Å². The predicted molar refractivity (Wildman–Crippen MR) is 96.1 cm³/mol. The fourth-order valence-electron chi connectivity index (χ4n) is 2.52. The Labute approximate surface area is 146 Å². The second-order valence-corrected chi connectivity index (χ2v) is 5.60. The van der Waals surface area contributed by atoms with E-state index in [9.17, 15) is 0 Å². The van der Waals surface area contributed by atoms with Crippen molar-refractivity contribution in [2.75, 3.05) is 11.9 Å². The summed E-state index contributed by atoms with van der Waals surface area (Å²) in [6, 6.07) is 0. The van der Waals surface area contributed by atoms with Crippen LogP contribution >= 0.6 is 0 Å². The molecule has 0 atom stereocenters. The second kappa shape index (κ2) is 7.21. The Balaban J connectivity index is 2.16. The van der Waals surface area contributed by atoms with Crippen molar-refractivity contribution in [2.24, 2.45) is 0 Å². The minimum absolute atomic E-state index is 0.496. The highest BCUT2D eigenvalue weighted by Gasteiger charge is 2.20. The number of rotatable bonds is 6. The van der Waals surface area contributed by atoms with Crippen LogP contribution in [0.1, 0.15) is 23.9 Å². The first-order valence-electron chi connectivity index (χ1n) is 8.10. The summed E-state index contributed by atoms with van der Waals surface area (Å²) < 4.78 is 5.56. The van der Waals surface area contributed by atoms with Crippen molar-refractivity contribution in [3.05, 3.63) is 48.2 Å². The van der Waals surface area contributed by atoms with Gasteiger partial charge in [0.25, 0.3) is 0 Å². The van der Waals surface area contributed by atoms with Crippen molar-refractivity contribution >= 4 is 5.95 Å². The third-order valence-electron chi connectivity index (χ3n) is 3.80. The number of nitrogens with zero attached hydrogens (tertiary/aromatic N) is 5. The Hall–Kier alpha value is -3.09. The minimum atomic E-state index is 0.496. The normalized spacial score (nSPS) is 10.7. The van der Waals surface area contributed by atoms with E-state index in [4.69, 9.17) is 4.52 Å². The summed E-state index contributed by atoms with van der Waals surface area (Å²) in [6.07, 6.45) is 7.70. The summed E-state index contributed by atoms with van der Waals surface area (Å²) in [5.41, 5.74) is 4.80. The van der Waals surface area contributed by atoms with E-state index in [1.165, 1.54) is 0 Å². The summed E-state index contributed by atoms with van der Waals surface area (Å²) in [5, 5.41) is 7.18. The highest BCUT2D eigenvalue weighted by atomic mass is 16.5. The van der Waals surface area contributed by atoms with Gasteiger partial charge in [-0.1, -0.05) is 18.2 Å². The van der Waals surface area contributed by atoms with Gasteiger partial charge in [-0.3, -0.25) is 9.97 Å². The quantitative estimate of drug-likeness (QED) is 0.690. The zero-order valence-electron chi connectivity index (χ0n) is 14.6. The first-order valence-corrected chi connectivity index (χ1v) is 8.10. The number of hydrogen-bond donors (Lipinski definition) is 1. The average molecular weight is 336 g/mol. The molecule has 0 bridgehead atoms. The SMILES string of the molecule is C=CCNc1ncc(-c2onc(C)c2CC)c(-c2cnc(C)cn2)n1. The van der Waals surface area contributed by atoms with Crippen molar-refractivity contribution in [3.63, 3.8) is 0 Å². The number of hydrogen-bond acceptors (Lipinski definition) is 7. The molecular formula is C18H20N6O. The maximum absolute atomic E-state index is 5.56. The van der Waals surface area contributed by atoms with Crippen LogP contribution in [-0.2, 0) is 6.42 Å². The Morgan fingerprint density at radius 1 is 1.16 bits per heavy atom. The molecule has 1 N–H and O–H groups in total. The monoisotopic (exact) mass is 336 g/mol. The summed E-state index contributed by atoms with van der Waals surface area (Å²) in [6.45, 7) is 10.1. The van der Waals surface area contributed by atoms with Gasteiger partial charge in [0.05, 0.1) is 23.1 Å². The van der Waals surface area contributed by atoms with Crippen LogP contribution in [0.5, 0.6) is 0 Å². The molecule has 0 aromatic carbocycles. The topological polar surface area (TPSA) is 89.6 Å². The lowest BCUT2D eigenvalue weighted by molar-refractivity contribution is 0.426. The fraction of sp³-hybridized carbons (Fsp3) is 0.278. The van der Waals surface area contributed by atoms with Gasteiger partial charge in [0.15, 0.2) is 5.76 Å². The van der Waals surface area contributed by atoms with E-state index in [0.29, 0.717) is 29.6 Å². The molecule has 3 rings (SSSR count). The van der Waals surface area contributed by atoms with E-state index in [0.717, 1.165) is 28.9 Å². The van der Waals surface area contributed by atoms with Crippen molar-refractivity contribution in [3.8, 4) is 22.7 Å². The maximum atomic E-state index is 5.56. The van der Waals surface area contributed by atoms with Gasteiger partial charge in [0.2, 0.25) is 5.95 Å². The van der Waals surface area contributed by atoms with Gasteiger partial charge in [-0.05, 0) is 20.3 Å². The van der Waals surface area contributed by atoms with Crippen LogP contribution in [0.25, 0.3) is 22.7 Å². The van der Waals surface area contributed by atoms with Crippen molar-refractivity contribution < 1.29 is 4.52 Å². The third kappa shape index (κ3) is 3.40. The summed E-state index contributed by atoms with van der Waals surface area (Å²) in [4.78, 5) is 17.8. The van der Waals surface area contributed by atoms with Crippen molar-refractivity contribution in [1.29, 1.82) is 0 Å². The van der Waals surface area contributed by atoms with Gasteiger partial charge in [-0.2, -0.15) is 0 Å². The highest BCUT2D eigenvalue weighted by molar-refractivity contribution is 5.78. The molecule has 0 amide bonds. The Bertz CT molecular complexity index is 885. The van der Waals surface area contributed by atoms with Gasteiger partial charge in [-0.15, -0.1) is 6.58 Å². The van der Waals surface area contributed by atoms with E-state index >= 15 is 0 Å². The van der Waals surface area contributed by atoms with Gasteiger partial charge in [0, 0.05) is 24.5 Å². The molecule has 3 heterocycles. The van der Waals surface area contributed by atoms with Gasteiger partial charge in [-0.25, -0.2) is 9.97 Å². The predicted octanol–water partition coefficient (Wildman–Crippen LogP) is 3.37. The molecule has 7 nitrogen and oxygen atoms in total. The molecule has 0 aliphatic heterocycles. The molecule has 0 aliphatic carbocycles. The fourth-order valence-corrected chi connectivity index (χ4v) is 2.52. The molecule has 0 saturated carbocycles. The molecule has 3 aromatic heterocycles. The molecule has 0 saturated heterocycles. The maximum Gasteiger partial charge on any atom is 0.223 e. The first kappa shape index (κ1) is 16.8. The Morgan fingerprint density at radius 3 is 2.68 bits per heavy atom. The van der Waals surface area contributed by atoms with E-state index in [1.807, 2.05) is 13.8 Å². The molecule has 3 aromatic rings. The van der Waals surface area contributed by atoms with Crippen LogP contribution in [0.4, 0.5) is 5.95 Å². The molecule has 0 aliphatic rings. The zero-order chi connectivity index (χ0) is 17.8. The largest absolute Gasteiger partial charge is 0.356 e. The number of anilines is 1. The summed E-state index contributed by atoms with van der Waals surface area (Å²) in [5.74, 6) is 1.17. The third-order valence-corrected chi connectivity index (χ3v) is 3.80.